The molecule has 0 spiro atoms. The molecular weight excluding hydrogens is 262 g/mol. The van der Waals surface area contributed by atoms with Gasteiger partial charge in [0.25, 0.3) is 0 Å². The molecule has 0 saturated carbocycles. The summed E-state index contributed by atoms with van der Waals surface area (Å²) in [6.07, 6.45) is 5.23. The quantitative estimate of drug-likeness (QED) is 0.554. The molecule has 110 valence electrons. The molecule has 0 bridgehead atoms. The minimum atomic E-state index is 0.0792. The van der Waals surface area contributed by atoms with E-state index < -0.39 is 0 Å². The van der Waals surface area contributed by atoms with Crippen molar-refractivity contribution in [2.75, 3.05) is 6.61 Å². The zero-order chi connectivity index (χ0) is 15.1. The molecule has 3 nitrogen and oxygen atoms in total. The van der Waals surface area contributed by atoms with Crippen LogP contribution >= 0.6 is 0 Å². The number of rotatable bonds is 7. The van der Waals surface area contributed by atoms with Crippen molar-refractivity contribution >= 4 is 5.78 Å². The van der Waals surface area contributed by atoms with Crippen LogP contribution in [-0.2, 0) is 0 Å². The molecule has 1 aromatic heterocycles. The molecule has 0 radical (unpaired) electrons. The number of Topliss-reactive ketones (excluding diaryl/α,β-unsaturated/α-hetero) is 1. The number of nitrogens with zero attached hydrogens (tertiary/aromatic N) is 1. The van der Waals surface area contributed by atoms with Gasteiger partial charge < -0.3 is 4.74 Å². The highest BCUT2D eigenvalue weighted by Gasteiger charge is 2.02. The molecule has 0 unspecified atom stereocenters. The van der Waals surface area contributed by atoms with E-state index in [0.29, 0.717) is 12.5 Å². The molecule has 0 aliphatic carbocycles. The number of carbonyl (C=O) groups excluding carboxylic acids is 1. The van der Waals surface area contributed by atoms with Gasteiger partial charge in [0, 0.05) is 23.4 Å². The Morgan fingerprint density at radius 3 is 2.33 bits per heavy atom. The summed E-state index contributed by atoms with van der Waals surface area (Å²) < 4.78 is 5.59. The zero-order valence-corrected chi connectivity index (χ0v) is 12.6. The Hall–Kier alpha value is -2.16. The number of ketones is 1. The van der Waals surface area contributed by atoms with Crippen LogP contribution in [0.3, 0.4) is 0 Å². The van der Waals surface area contributed by atoms with Crippen molar-refractivity contribution in [3.63, 3.8) is 0 Å². The van der Waals surface area contributed by atoms with E-state index in [0.717, 1.165) is 23.1 Å². The molecule has 0 amide bonds. The van der Waals surface area contributed by atoms with Crippen LogP contribution in [0.15, 0.2) is 42.6 Å². The maximum absolute atomic E-state index is 11.3. The van der Waals surface area contributed by atoms with Crippen LogP contribution in [-0.4, -0.2) is 17.4 Å². The van der Waals surface area contributed by atoms with Gasteiger partial charge in [-0.05, 0) is 25.0 Å². The molecule has 0 fully saturated rings. The van der Waals surface area contributed by atoms with E-state index in [1.807, 2.05) is 36.4 Å². The maximum atomic E-state index is 11.3. The van der Waals surface area contributed by atoms with Crippen molar-refractivity contribution in [2.45, 2.75) is 33.1 Å². The summed E-state index contributed by atoms with van der Waals surface area (Å²) in [7, 11) is 0. The van der Waals surface area contributed by atoms with Gasteiger partial charge >= 0.3 is 0 Å². The Bertz CT molecular complexity index is 573. The van der Waals surface area contributed by atoms with E-state index in [4.69, 9.17) is 4.74 Å². The number of hydrogen-bond acceptors (Lipinski definition) is 3. The van der Waals surface area contributed by atoms with Gasteiger partial charge in [-0.25, -0.2) is 4.98 Å². The lowest BCUT2D eigenvalue weighted by Crippen LogP contribution is -1.98. The summed E-state index contributed by atoms with van der Waals surface area (Å²) in [5.74, 6) is 0.741. The minimum absolute atomic E-state index is 0.0792. The highest BCUT2D eigenvalue weighted by molar-refractivity contribution is 5.94. The number of benzene rings is 1. The first-order valence-electron chi connectivity index (χ1n) is 7.41. The second kappa shape index (κ2) is 7.58. The molecule has 0 aliphatic rings. The Morgan fingerprint density at radius 2 is 1.76 bits per heavy atom. The van der Waals surface area contributed by atoms with Crippen LogP contribution in [0.5, 0.6) is 5.88 Å². The van der Waals surface area contributed by atoms with E-state index in [2.05, 4.69) is 11.9 Å². The van der Waals surface area contributed by atoms with Crippen molar-refractivity contribution in [1.29, 1.82) is 0 Å². The first-order valence-corrected chi connectivity index (χ1v) is 7.41. The fourth-order valence-electron chi connectivity index (χ4n) is 2.06. The maximum Gasteiger partial charge on any atom is 0.213 e. The Labute approximate surface area is 126 Å². The minimum Gasteiger partial charge on any atom is -0.478 e. The highest BCUT2D eigenvalue weighted by Crippen LogP contribution is 2.21. The van der Waals surface area contributed by atoms with Crippen LogP contribution in [0.25, 0.3) is 11.1 Å². The van der Waals surface area contributed by atoms with Crippen molar-refractivity contribution in [3.8, 4) is 17.0 Å². The van der Waals surface area contributed by atoms with E-state index >= 15 is 0 Å². The Kier molecular flexibility index (Phi) is 5.50. The smallest absolute Gasteiger partial charge is 0.213 e. The van der Waals surface area contributed by atoms with E-state index in [1.165, 1.54) is 12.8 Å². The molecule has 2 rings (SSSR count). The largest absolute Gasteiger partial charge is 0.478 e. The predicted molar refractivity (Wildman–Crippen MR) is 84.7 cm³/mol. The van der Waals surface area contributed by atoms with Crippen LogP contribution in [0.1, 0.15) is 43.5 Å². The molecule has 3 heteroatoms. The number of aromatic nitrogens is 1. The fourth-order valence-corrected chi connectivity index (χ4v) is 2.06. The summed E-state index contributed by atoms with van der Waals surface area (Å²) in [4.78, 5) is 15.6. The van der Waals surface area contributed by atoms with Gasteiger partial charge in [-0.15, -0.1) is 0 Å². The first kappa shape index (κ1) is 15.2. The van der Waals surface area contributed by atoms with Gasteiger partial charge in [-0.2, -0.15) is 0 Å². The molecule has 0 saturated heterocycles. The van der Waals surface area contributed by atoms with Crippen LogP contribution in [0.4, 0.5) is 0 Å². The topological polar surface area (TPSA) is 39.2 Å². The lowest BCUT2D eigenvalue weighted by molar-refractivity contribution is 0.101. The summed E-state index contributed by atoms with van der Waals surface area (Å²) in [5, 5.41) is 0. The van der Waals surface area contributed by atoms with Crippen molar-refractivity contribution in [2.24, 2.45) is 0 Å². The van der Waals surface area contributed by atoms with E-state index in [9.17, 15) is 4.79 Å². The average Bonchev–Trinajstić information content (AvgIpc) is 2.52. The second-order valence-corrected chi connectivity index (χ2v) is 5.07. The molecule has 2 aromatic rings. The van der Waals surface area contributed by atoms with Crippen molar-refractivity contribution in [1.82, 2.24) is 4.98 Å². The lowest BCUT2D eigenvalue weighted by Gasteiger charge is -2.06. The van der Waals surface area contributed by atoms with Crippen LogP contribution in [0, 0.1) is 0 Å². The average molecular weight is 283 g/mol. The van der Waals surface area contributed by atoms with Gasteiger partial charge in [0.15, 0.2) is 5.78 Å². The molecule has 1 aromatic carbocycles. The molecular formula is C18H21NO2. The second-order valence-electron chi connectivity index (χ2n) is 5.07. The third-order valence-electron chi connectivity index (χ3n) is 3.36. The van der Waals surface area contributed by atoms with Gasteiger partial charge in [-0.1, -0.05) is 44.0 Å². The Morgan fingerprint density at radius 1 is 1.05 bits per heavy atom. The molecule has 21 heavy (non-hydrogen) atoms. The van der Waals surface area contributed by atoms with Gasteiger partial charge in [0.2, 0.25) is 5.88 Å². The van der Waals surface area contributed by atoms with E-state index in [-0.39, 0.29) is 5.78 Å². The highest BCUT2D eigenvalue weighted by atomic mass is 16.5. The Balaban J connectivity index is 1.99. The number of unbranched alkanes of at least 4 members (excludes halogenated alkanes) is 2. The normalized spacial score (nSPS) is 10.4. The number of ether oxygens (including phenoxy) is 1. The summed E-state index contributed by atoms with van der Waals surface area (Å²) in [6, 6.07) is 11.4. The van der Waals surface area contributed by atoms with Gasteiger partial charge in [-0.3, -0.25) is 4.79 Å². The van der Waals surface area contributed by atoms with Gasteiger partial charge in [0.1, 0.15) is 0 Å². The molecule has 1 heterocycles. The fraction of sp³-hybridized carbons (Fsp3) is 0.333. The van der Waals surface area contributed by atoms with Crippen LogP contribution < -0.4 is 4.74 Å². The monoisotopic (exact) mass is 283 g/mol. The molecule has 0 atom stereocenters. The number of hydrogen-bond donors (Lipinski definition) is 0. The zero-order valence-electron chi connectivity index (χ0n) is 12.6. The molecule has 0 aliphatic heterocycles. The standard InChI is InChI=1S/C18H21NO2/c1-3-4-5-12-21-18-11-10-17(13-19-18)16-8-6-15(7-9-16)14(2)20/h6-11,13H,3-5,12H2,1-2H3. The number of pyridine rings is 1. The SMILES string of the molecule is CCCCCOc1ccc(-c2ccc(C(C)=O)cc2)cn1. The van der Waals surface area contributed by atoms with E-state index in [1.54, 1.807) is 13.1 Å². The lowest BCUT2D eigenvalue weighted by atomic mass is 10.0. The predicted octanol–water partition coefficient (Wildman–Crippen LogP) is 4.52. The van der Waals surface area contributed by atoms with Crippen molar-refractivity contribution in [3.05, 3.63) is 48.2 Å². The summed E-state index contributed by atoms with van der Waals surface area (Å²) in [6.45, 7) is 4.46. The third-order valence-corrected chi connectivity index (χ3v) is 3.36. The van der Waals surface area contributed by atoms with Crippen molar-refractivity contribution < 1.29 is 9.53 Å². The van der Waals surface area contributed by atoms with Gasteiger partial charge in [0.05, 0.1) is 6.61 Å². The third kappa shape index (κ3) is 4.42. The van der Waals surface area contributed by atoms with Crippen LogP contribution in [0.2, 0.25) is 0 Å². The number of carbonyl (C=O) groups is 1. The molecule has 0 N–H and O–H groups in total. The summed E-state index contributed by atoms with van der Waals surface area (Å²) in [5.41, 5.74) is 2.79. The summed E-state index contributed by atoms with van der Waals surface area (Å²) >= 11 is 0. The first-order chi connectivity index (χ1) is 10.2.